The van der Waals surface area contributed by atoms with Gasteiger partial charge in [-0.3, -0.25) is 4.79 Å². The molecule has 0 bridgehead atoms. The molecule has 3 N–H and O–H groups in total. The van der Waals surface area contributed by atoms with Gasteiger partial charge in [0.25, 0.3) is 0 Å². The zero-order valence-corrected chi connectivity index (χ0v) is 17.1. The molecule has 4 aromatic rings. The van der Waals surface area contributed by atoms with Crippen LogP contribution in [0.15, 0.2) is 61.2 Å². The number of nitrogens with zero attached hydrogens (tertiary/aromatic N) is 4. The highest BCUT2D eigenvalue weighted by molar-refractivity contribution is 6.05. The van der Waals surface area contributed by atoms with Crippen molar-refractivity contribution in [3.63, 3.8) is 0 Å². The summed E-state index contributed by atoms with van der Waals surface area (Å²) in [7, 11) is 3.38. The molecule has 0 unspecified atom stereocenters. The van der Waals surface area contributed by atoms with Crippen LogP contribution in [0.25, 0.3) is 22.0 Å². The van der Waals surface area contributed by atoms with Crippen LogP contribution in [0.4, 0.5) is 17.5 Å². The number of fused-ring (bicyclic) bond motifs is 1. The number of ether oxygens (including phenoxy) is 1. The lowest BCUT2D eigenvalue weighted by Crippen LogP contribution is -2.22. The first-order valence-corrected chi connectivity index (χ1v) is 9.59. The van der Waals surface area contributed by atoms with E-state index in [-0.39, 0.29) is 12.5 Å². The lowest BCUT2D eigenvalue weighted by Gasteiger charge is -2.13. The SMILES string of the molecule is CNc1nccc(-c2cc(NC(=O)CNc3ccncn3)c3cc(OC)ccc3c2)n1. The van der Waals surface area contributed by atoms with Gasteiger partial charge < -0.3 is 20.7 Å². The number of carbonyl (C=O) groups excluding carboxylic acids is 1. The number of nitrogens with one attached hydrogen (secondary N) is 3. The van der Waals surface area contributed by atoms with Gasteiger partial charge in [0.2, 0.25) is 11.9 Å². The lowest BCUT2D eigenvalue weighted by molar-refractivity contribution is -0.114. The van der Waals surface area contributed by atoms with Gasteiger partial charge >= 0.3 is 0 Å². The van der Waals surface area contributed by atoms with Crippen molar-refractivity contribution in [2.75, 3.05) is 36.7 Å². The smallest absolute Gasteiger partial charge is 0.243 e. The Hall–Kier alpha value is -4.27. The van der Waals surface area contributed by atoms with Gasteiger partial charge in [0.1, 0.15) is 17.9 Å². The van der Waals surface area contributed by atoms with Crippen molar-refractivity contribution in [1.82, 2.24) is 19.9 Å². The molecular formula is C22H21N7O2. The van der Waals surface area contributed by atoms with Gasteiger partial charge in [-0.15, -0.1) is 0 Å². The molecule has 4 rings (SSSR count). The molecule has 156 valence electrons. The van der Waals surface area contributed by atoms with Gasteiger partial charge in [0.05, 0.1) is 19.3 Å². The maximum atomic E-state index is 12.6. The number of amides is 1. The van der Waals surface area contributed by atoms with E-state index >= 15 is 0 Å². The van der Waals surface area contributed by atoms with Crippen LogP contribution in [0, 0.1) is 0 Å². The van der Waals surface area contributed by atoms with E-state index in [1.165, 1.54) is 6.33 Å². The average molecular weight is 415 g/mol. The van der Waals surface area contributed by atoms with Crippen molar-refractivity contribution in [3.8, 4) is 17.0 Å². The zero-order valence-electron chi connectivity index (χ0n) is 17.1. The maximum Gasteiger partial charge on any atom is 0.243 e. The molecule has 2 heterocycles. The van der Waals surface area contributed by atoms with Crippen LogP contribution in [0.3, 0.4) is 0 Å². The van der Waals surface area contributed by atoms with Crippen molar-refractivity contribution in [2.45, 2.75) is 0 Å². The largest absolute Gasteiger partial charge is 0.497 e. The molecule has 0 aliphatic heterocycles. The maximum absolute atomic E-state index is 12.6. The fraction of sp³-hybridized carbons (Fsp3) is 0.136. The van der Waals surface area contributed by atoms with Crippen molar-refractivity contribution in [3.05, 3.63) is 61.2 Å². The quantitative estimate of drug-likeness (QED) is 0.422. The molecule has 1 amide bonds. The predicted molar refractivity (Wildman–Crippen MR) is 120 cm³/mol. The molecule has 31 heavy (non-hydrogen) atoms. The number of hydrogen-bond donors (Lipinski definition) is 3. The molecule has 0 radical (unpaired) electrons. The Morgan fingerprint density at radius 1 is 1.06 bits per heavy atom. The fourth-order valence-corrected chi connectivity index (χ4v) is 3.12. The molecule has 0 saturated heterocycles. The summed E-state index contributed by atoms with van der Waals surface area (Å²) in [6, 6.07) is 13.2. The number of carbonyl (C=O) groups is 1. The molecular weight excluding hydrogens is 394 g/mol. The summed E-state index contributed by atoms with van der Waals surface area (Å²) in [5.41, 5.74) is 2.26. The third-order valence-electron chi connectivity index (χ3n) is 4.62. The first-order chi connectivity index (χ1) is 15.2. The van der Waals surface area contributed by atoms with Gasteiger partial charge in [-0.1, -0.05) is 6.07 Å². The Bertz CT molecular complexity index is 1220. The number of rotatable bonds is 7. The molecule has 0 spiro atoms. The molecule has 0 aliphatic carbocycles. The fourth-order valence-electron chi connectivity index (χ4n) is 3.12. The van der Waals surface area contributed by atoms with Crippen molar-refractivity contribution < 1.29 is 9.53 Å². The topological polar surface area (TPSA) is 114 Å². The number of anilines is 3. The van der Waals surface area contributed by atoms with Gasteiger partial charge in [-0.2, -0.15) is 0 Å². The van der Waals surface area contributed by atoms with E-state index in [1.54, 1.807) is 32.6 Å². The van der Waals surface area contributed by atoms with Crippen molar-refractivity contribution in [1.29, 1.82) is 0 Å². The molecule has 9 nitrogen and oxygen atoms in total. The summed E-state index contributed by atoms with van der Waals surface area (Å²) < 4.78 is 5.36. The normalized spacial score (nSPS) is 10.5. The Morgan fingerprint density at radius 3 is 2.74 bits per heavy atom. The molecule has 0 aliphatic rings. The molecule has 0 atom stereocenters. The van der Waals surface area contributed by atoms with Crippen LogP contribution in [0.2, 0.25) is 0 Å². The van der Waals surface area contributed by atoms with Crippen molar-refractivity contribution >= 4 is 34.1 Å². The van der Waals surface area contributed by atoms with Crippen LogP contribution < -0.4 is 20.7 Å². The highest BCUT2D eigenvalue weighted by atomic mass is 16.5. The van der Waals surface area contributed by atoms with E-state index in [2.05, 4.69) is 35.9 Å². The van der Waals surface area contributed by atoms with Crippen LogP contribution in [0.1, 0.15) is 0 Å². The minimum Gasteiger partial charge on any atom is -0.497 e. The van der Waals surface area contributed by atoms with E-state index in [0.717, 1.165) is 22.0 Å². The molecule has 2 aromatic heterocycles. The van der Waals surface area contributed by atoms with Crippen LogP contribution >= 0.6 is 0 Å². The Labute approximate surface area is 178 Å². The highest BCUT2D eigenvalue weighted by Gasteiger charge is 2.12. The minimum absolute atomic E-state index is 0.0596. The van der Waals surface area contributed by atoms with E-state index < -0.39 is 0 Å². The van der Waals surface area contributed by atoms with Crippen LogP contribution in [0.5, 0.6) is 5.75 Å². The Morgan fingerprint density at radius 2 is 1.97 bits per heavy atom. The second-order valence-corrected chi connectivity index (χ2v) is 6.62. The average Bonchev–Trinajstić information content (AvgIpc) is 2.83. The zero-order chi connectivity index (χ0) is 21.6. The number of hydrogen-bond acceptors (Lipinski definition) is 8. The first kappa shape index (κ1) is 20.0. The highest BCUT2D eigenvalue weighted by Crippen LogP contribution is 2.33. The Kier molecular flexibility index (Phi) is 5.84. The van der Waals surface area contributed by atoms with E-state index in [4.69, 9.17) is 4.74 Å². The molecule has 0 saturated carbocycles. The van der Waals surface area contributed by atoms with Gasteiger partial charge in [0.15, 0.2) is 0 Å². The van der Waals surface area contributed by atoms with Crippen LogP contribution in [-0.2, 0) is 4.79 Å². The second kappa shape index (κ2) is 9.04. The van der Waals surface area contributed by atoms with Gasteiger partial charge in [-0.25, -0.2) is 19.9 Å². The summed E-state index contributed by atoms with van der Waals surface area (Å²) >= 11 is 0. The lowest BCUT2D eigenvalue weighted by atomic mass is 10.0. The number of benzene rings is 2. The predicted octanol–water partition coefficient (Wildman–Crippen LogP) is 3.19. The van der Waals surface area contributed by atoms with E-state index in [1.807, 2.05) is 36.4 Å². The minimum atomic E-state index is -0.210. The van der Waals surface area contributed by atoms with Gasteiger partial charge in [-0.05, 0) is 41.8 Å². The molecule has 0 fully saturated rings. The standard InChI is InChI=1S/C22H21N7O2/c1-23-22-25-8-5-18(29-22)15-9-14-3-4-16(31-2)11-17(14)19(10-15)28-21(30)12-26-20-6-7-24-13-27-20/h3-11,13H,12H2,1-2H3,(H,28,30)(H,23,25,29)(H,24,26,27). The van der Waals surface area contributed by atoms with Crippen molar-refractivity contribution in [2.24, 2.45) is 0 Å². The summed E-state index contributed by atoms with van der Waals surface area (Å²) in [5, 5.41) is 10.7. The first-order valence-electron chi connectivity index (χ1n) is 9.59. The van der Waals surface area contributed by atoms with Crippen LogP contribution in [-0.4, -0.2) is 46.5 Å². The summed E-state index contributed by atoms with van der Waals surface area (Å²) in [6.07, 6.45) is 4.72. The molecule has 9 heteroatoms. The third kappa shape index (κ3) is 4.67. The third-order valence-corrected chi connectivity index (χ3v) is 4.62. The van der Waals surface area contributed by atoms with E-state index in [9.17, 15) is 4.79 Å². The second-order valence-electron chi connectivity index (χ2n) is 6.62. The monoisotopic (exact) mass is 415 g/mol. The number of aromatic nitrogens is 4. The van der Waals surface area contributed by atoms with Gasteiger partial charge in [0, 0.05) is 36.1 Å². The number of methoxy groups -OCH3 is 1. The summed E-state index contributed by atoms with van der Waals surface area (Å²) in [4.78, 5) is 29.3. The Balaban J connectivity index is 1.68. The molecule has 2 aromatic carbocycles. The summed E-state index contributed by atoms with van der Waals surface area (Å²) in [5.74, 6) is 1.59. The van der Waals surface area contributed by atoms with E-state index in [0.29, 0.717) is 23.2 Å². The summed E-state index contributed by atoms with van der Waals surface area (Å²) in [6.45, 7) is 0.0596.